The Bertz CT molecular complexity index is 800. The molecule has 0 saturated carbocycles. The first-order chi connectivity index (χ1) is 11.9. The van der Waals surface area contributed by atoms with Crippen LogP contribution in [0.15, 0.2) is 48.5 Å². The van der Waals surface area contributed by atoms with Gasteiger partial charge >= 0.3 is 5.97 Å². The number of carbonyl (C=O) groups excluding carboxylic acids is 2. The summed E-state index contributed by atoms with van der Waals surface area (Å²) in [6, 6.07) is 12.3. The maximum atomic E-state index is 12.3. The second-order valence-corrected chi connectivity index (χ2v) is 6.02. The molecule has 2 aromatic rings. The second kappa shape index (κ2) is 8.10. The van der Waals surface area contributed by atoms with E-state index in [1.165, 1.54) is 24.3 Å². The van der Waals surface area contributed by atoms with Crippen molar-refractivity contribution < 1.29 is 19.5 Å². The van der Waals surface area contributed by atoms with Gasteiger partial charge in [0.2, 0.25) is 0 Å². The molecule has 0 aliphatic rings. The Morgan fingerprint density at radius 2 is 1.52 bits per heavy atom. The molecule has 2 rings (SSSR count). The van der Waals surface area contributed by atoms with Crippen molar-refractivity contribution in [2.75, 3.05) is 11.9 Å². The van der Waals surface area contributed by atoms with Gasteiger partial charge in [-0.1, -0.05) is 26.0 Å². The molecule has 25 heavy (non-hydrogen) atoms. The van der Waals surface area contributed by atoms with Gasteiger partial charge in [-0.2, -0.15) is 0 Å². The highest BCUT2D eigenvalue weighted by Gasteiger charge is 2.11. The standard InChI is InChI=1S/C19H20N2O4/c1-12(2)11-20-17(22)14-6-4-8-16(10-14)21-18(23)13-5-3-7-15(9-13)19(24)25/h3-10,12H,11H2,1-2H3,(H,20,22)(H,21,23)(H,24,25). The van der Waals surface area contributed by atoms with Crippen molar-refractivity contribution in [1.82, 2.24) is 5.32 Å². The average Bonchev–Trinajstić information content (AvgIpc) is 2.59. The lowest BCUT2D eigenvalue weighted by Crippen LogP contribution is -2.27. The minimum absolute atomic E-state index is 0.0365. The highest BCUT2D eigenvalue weighted by atomic mass is 16.4. The molecule has 0 bridgehead atoms. The van der Waals surface area contributed by atoms with E-state index >= 15 is 0 Å². The predicted octanol–water partition coefficient (Wildman–Crippen LogP) is 3.02. The zero-order valence-corrected chi connectivity index (χ0v) is 14.1. The number of aromatic carboxylic acids is 1. The summed E-state index contributed by atoms with van der Waals surface area (Å²) >= 11 is 0. The quantitative estimate of drug-likeness (QED) is 0.753. The summed E-state index contributed by atoms with van der Waals surface area (Å²) in [5.74, 6) is -1.41. The molecule has 6 heteroatoms. The van der Waals surface area contributed by atoms with Crippen molar-refractivity contribution in [3.05, 3.63) is 65.2 Å². The largest absolute Gasteiger partial charge is 0.478 e. The molecule has 0 spiro atoms. The third-order valence-corrected chi connectivity index (χ3v) is 3.43. The summed E-state index contributed by atoms with van der Waals surface area (Å²) in [4.78, 5) is 35.4. The van der Waals surface area contributed by atoms with Crippen molar-refractivity contribution >= 4 is 23.5 Å². The van der Waals surface area contributed by atoms with Crippen LogP contribution in [0.25, 0.3) is 0 Å². The molecule has 2 aromatic carbocycles. The Labute approximate surface area is 145 Å². The van der Waals surface area contributed by atoms with Crippen LogP contribution in [0, 0.1) is 5.92 Å². The van der Waals surface area contributed by atoms with Gasteiger partial charge < -0.3 is 15.7 Å². The Hall–Kier alpha value is -3.15. The zero-order chi connectivity index (χ0) is 18.4. The lowest BCUT2D eigenvalue weighted by molar-refractivity contribution is 0.0696. The summed E-state index contributed by atoms with van der Waals surface area (Å²) < 4.78 is 0. The van der Waals surface area contributed by atoms with Gasteiger partial charge in [0.25, 0.3) is 11.8 Å². The van der Waals surface area contributed by atoms with Crippen molar-refractivity contribution in [2.24, 2.45) is 5.92 Å². The number of carbonyl (C=O) groups is 3. The van der Waals surface area contributed by atoms with E-state index in [-0.39, 0.29) is 17.0 Å². The summed E-state index contributed by atoms with van der Waals surface area (Å²) in [6.07, 6.45) is 0. The molecule has 0 heterocycles. The Morgan fingerprint density at radius 3 is 2.16 bits per heavy atom. The smallest absolute Gasteiger partial charge is 0.335 e. The van der Waals surface area contributed by atoms with Crippen LogP contribution >= 0.6 is 0 Å². The van der Waals surface area contributed by atoms with Crippen LogP contribution in [0.4, 0.5) is 5.69 Å². The Kier molecular flexibility index (Phi) is 5.89. The van der Waals surface area contributed by atoms with Crippen LogP contribution in [0.3, 0.4) is 0 Å². The van der Waals surface area contributed by atoms with Crippen LogP contribution in [0.1, 0.15) is 44.9 Å². The molecule has 0 radical (unpaired) electrons. The van der Waals surface area contributed by atoms with Crippen LogP contribution in [-0.4, -0.2) is 29.4 Å². The molecule has 0 aliphatic heterocycles. The molecular formula is C19H20N2O4. The first kappa shape index (κ1) is 18.2. The third kappa shape index (κ3) is 5.17. The number of amides is 2. The topological polar surface area (TPSA) is 95.5 Å². The normalized spacial score (nSPS) is 10.4. The zero-order valence-electron chi connectivity index (χ0n) is 14.1. The van der Waals surface area contributed by atoms with Gasteiger partial charge in [-0.15, -0.1) is 0 Å². The van der Waals surface area contributed by atoms with Crippen molar-refractivity contribution in [2.45, 2.75) is 13.8 Å². The summed E-state index contributed by atoms with van der Waals surface area (Å²) in [7, 11) is 0. The monoisotopic (exact) mass is 340 g/mol. The van der Waals surface area contributed by atoms with Gasteiger partial charge in [0.15, 0.2) is 0 Å². The number of hydrogen-bond donors (Lipinski definition) is 3. The van der Waals surface area contributed by atoms with E-state index < -0.39 is 11.9 Å². The van der Waals surface area contributed by atoms with E-state index in [1.54, 1.807) is 24.3 Å². The molecule has 0 aromatic heterocycles. The second-order valence-electron chi connectivity index (χ2n) is 6.02. The molecule has 3 N–H and O–H groups in total. The molecule has 0 fully saturated rings. The van der Waals surface area contributed by atoms with Gasteiger partial charge in [0, 0.05) is 23.4 Å². The minimum atomic E-state index is -1.10. The van der Waals surface area contributed by atoms with E-state index in [2.05, 4.69) is 10.6 Å². The Morgan fingerprint density at radius 1 is 0.920 bits per heavy atom. The maximum Gasteiger partial charge on any atom is 0.335 e. The number of nitrogens with one attached hydrogen (secondary N) is 2. The first-order valence-electron chi connectivity index (χ1n) is 7.90. The summed E-state index contributed by atoms with van der Waals surface area (Å²) in [6.45, 7) is 4.57. The minimum Gasteiger partial charge on any atom is -0.478 e. The average molecular weight is 340 g/mol. The highest BCUT2D eigenvalue weighted by molar-refractivity contribution is 6.06. The maximum absolute atomic E-state index is 12.3. The molecule has 2 amide bonds. The number of rotatable bonds is 6. The lowest BCUT2D eigenvalue weighted by Gasteiger charge is -2.10. The van der Waals surface area contributed by atoms with E-state index in [0.717, 1.165) is 0 Å². The van der Waals surface area contributed by atoms with Crippen LogP contribution in [0.2, 0.25) is 0 Å². The van der Waals surface area contributed by atoms with Crippen LogP contribution in [0.5, 0.6) is 0 Å². The van der Waals surface area contributed by atoms with Crippen molar-refractivity contribution in [3.63, 3.8) is 0 Å². The van der Waals surface area contributed by atoms with Crippen molar-refractivity contribution in [1.29, 1.82) is 0 Å². The van der Waals surface area contributed by atoms with Crippen LogP contribution < -0.4 is 10.6 Å². The van der Waals surface area contributed by atoms with Gasteiger partial charge in [-0.25, -0.2) is 4.79 Å². The number of anilines is 1. The molecule has 130 valence electrons. The van der Waals surface area contributed by atoms with Gasteiger partial charge in [-0.3, -0.25) is 9.59 Å². The number of carboxylic acids is 1. The fraction of sp³-hybridized carbons (Fsp3) is 0.211. The lowest BCUT2D eigenvalue weighted by atomic mass is 10.1. The summed E-state index contributed by atoms with van der Waals surface area (Å²) in [5.41, 5.74) is 1.17. The van der Waals surface area contributed by atoms with Gasteiger partial charge in [-0.05, 0) is 42.3 Å². The predicted molar refractivity (Wildman–Crippen MR) is 95.0 cm³/mol. The number of carboxylic acid groups (broad SMARTS) is 1. The first-order valence-corrected chi connectivity index (χ1v) is 7.90. The third-order valence-electron chi connectivity index (χ3n) is 3.43. The highest BCUT2D eigenvalue weighted by Crippen LogP contribution is 2.13. The van der Waals surface area contributed by atoms with E-state index in [4.69, 9.17) is 5.11 Å². The summed E-state index contributed by atoms with van der Waals surface area (Å²) in [5, 5.41) is 14.5. The molecular weight excluding hydrogens is 320 g/mol. The molecule has 0 atom stereocenters. The van der Waals surface area contributed by atoms with Gasteiger partial charge in [0.05, 0.1) is 5.56 Å². The fourth-order valence-electron chi connectivity index (χ4n) is 2.13. The SMILES string of the molecule is CC(C)CNC(=O)c1cccc(NC(=O)c2cccc(C(=O)O)c2)c1. The van der Waals surface area contributed by atoms with E-state index in [0.29, 0.717) is 23.7 Å². The number of benzene rings is 2. The molecule has 6 nitrogen and oxygen atoms in total. The van der Waals surface area contributed by atoms with E-state index in [9.17, 15) is 14.4 Å². The van der Waals surface area contributed by atoms with Crippen molar-refractivity contribution in [3.8, 4) is 0 Å². The van der Waals surface area contributed by atoms with E-state index in [1.807, 2.05) is 13.8 Å². The molecule has 0 aliphatic carbocycles. The fourth-order valence-corrected chi connectivity index (χ4v) is 2.13. The molecule has 0 saturated heterocycles. The van der Waals surface area contributed by atoms with Crippen LogP contribution in [-0.2, 0) is 0 Å². The Balaban J connectivity index is 2.11. The molecule has 0 unspecified atom stereocenters. The van der Waals surface area contributed by atoms with Gasteiger partial charge in [0.1, 0.15) is 0 Å². The number of hydrogen-bond acceptors (Lipinski definition) is 3.